The van der Waals surface area contributed by atoms with Crippen LogP contribution in [0.15, 0.2) is 42.6 Å². The summed E-state index contributed by atoms with van der Waals surface area (Å²) in [6, 6.07) is 14.9. The Bertz CT molecular complexity index is 863. The highest BCUT2D eigenvalue weighted by atomic mass is 16.1. The summed E-state index contributed by atoms with van der Waals surface area (Å²) in [5, 5.41) is 20.7. The van der Waals surface area contributed by atoms with Gasteiger partial charge in [-0.1, -0.05) is 12.1 Å². The fourth-order valence-electron chi connectivity index (χ4n) is 3.15. The lowest BCUT2D eigenvalue weighted by atomic mass is 10.1. The molecule has 0 unspecified atom stereocenters. The number of carbonyl (C=O) groups is 1. The number of benzene rings is 1. The van der Waals surface area contributed by atoms with Gasteiger partial charge in [0.25, 0.3) is 5.91 Å². The SMILES string of the molecule is N#Cc1cccc(CN2CC[C@@H](CNC(=O)c3ccc(C#N)nc3)C2)c1. The Morgan fingerprint density at radius 1 is 1.27 bits per heavy atom. The minimum absolute atomic E-state index is 0.165. The molecule has 1 saturated heterocycles. The second-order valence-corrected chi connectivity index (χ2v) is 6.46. The van der Waals surface area contributed by atoms with Crippen LogP contribution in [0.3, 0.4) is 0 Å². The van der Waals surface area contributed by atoms with Crippen LogP contribution in [0.4, 0.5) is 0 Å². The number of hydrogen-bond donors (Lipinski definition) is 1. The molecular weight excluding hydrogens is 326 g/mol. The minimum Gasteiger partial charge on any atom is -0.352 e. The van der Waals surface area contributed by atoms with Crippen molar-refractivity contribution in [1.82, 2.24) is 15.2 Å². The van der Waals surface area contributed by atoms with Crippen molar-refractivity contribution in [2.45, 2.75) is 13.0 Å². The first-order valence-electron chi connectivity index (χ1n) is 8.53. The predicted octanol–water partition coefficient (Wildman–Crippen LogP) is 2.08. The summed E-state index contributed by atoms with van der Waals surface area (Å²) in [5.41, 5.74) is 2.58. The van der Waals surface area contributed by atoms with Gasteiger partial charge in [-0.15, -0.1) is 0 Å². The van der Waals surface area contributed by atoms with E-state index in [9.17, 15) is 4.79 Å². The third-order valence-corrected chi connectivity index (χ3v) is 4.52. The van der Waals surface area contributed by atoms with Crippen LogP contribution in [0.1, 0.15) is 33.6 Å². The number of nitriles is 2. The van der Waals surface area contributed by atoms with E-state index >= 15 is 0 Å². The van der Waals surface area contributed by atoms with Gasteiger partial charge in [0, 0.05) is 25.8 Å². The molecule has 130 valence electrons. The number of aromatic nitrogens is 1. The summed E-state index contributed by atoms with van der Waals surface area (Å²) >= 11 is 0. The summed E-state index contributed by atoms with van der Waals surface area (Å²) in [6.45, 7) is 3.34. The molecule has 0 bridgehead atoms. The number of nitrogens with zero attached hydrogens (tertiary/aromatic N) is 4. The number of likely N-dealkylation sites (tertiary alicyclic amines) is 1. The lowest BCUT2D eigenvalue weighted by molar-refractivity contribution is 0.0947. The molecule has 1 aliphatic heterocycles. The van der Waals surface area contributed by atoms with Crippen molar-refractivity contribution in [2.75, 3.05) is 19.6 Å². The van der Waals surface area contributed by atoms with Crippen molar-refractivity contribution in [3.05, 3.63) is 65.0 Å². The second-order valence-electron chi connectivity index (χ2n) is 6.46. The molecule has 1 aromatic heterocycles. The van der Waals surface area contributed by atoms with Crippen molar-refractivity contribution in [3.63, 3.8) is 0 Å². The Hall–Kier alpha value is -3.22. The smallest absolute Gasteiger partial charge is 0.252 e. The lowest BCUT2D eigenvalue weighted by Gasteiger charge is -2.16. The van der Waals surface area contributed by atoms with Gasteiger partial charge in [0.15, 0.2) is 0 Å². The maximum Gasteiger partial charge on any atom is 0.252 e. The van der Waals surface area contributed by atoms with Crippen LogP contribution in [-0.4, -0.2) is 35.4 Å². The van der Waals surface area contributed by atoms with Crippen LogP contribution in [0, 0.1) is 28.6 Å². The quantitative estimate of drug-likeness (QED) is 0.895. The Morgan fingerprint density at radius 2 is 2.15 bits per heavy atom. The third kappa shape index (κ3) is 4.44. The molecule has 0 spiro atoms. The van der Waals surface area contributed by atoms with Gasteiger partial charge in [0.2, 0.25) is 0 Å². The molecule has 3 rings (SSSR count). The topological polar surface area (TPSA) is 92.8 Å². The van der Waals surface area contributed by atoms with Crippen LogP contribution in [0.5, 0.6) is 0 Å². The highest BCUT2D eigenvalue weighted by Gasteiger charge is 2.23. The van der Waals surface area contributed by atoms with E-state index < -0.39 is 0 Å². The molecule has 0 saturated carbocycles. The second kappa shape index (κ2) is 8.24. The molecule has 2 aromatic rings. The molecule has 1 fully saturated rings. The Kier molecular flexibility index (Phi) is 5.58. The minimum atomic E-state index is -0.165. The van der Waals surface area contributed by atoms with Gasteiger partial charge in [0.05, 0.1) is 17.2 Å². The molecule has 1 amide bonds. The van der Waals surface area contributed by atoms with Crippen molar-refractivity contribution >= 4 is 5.91 Å². The van der Waals surface area contributed by atoms with Crippen LogP contribution >= 0.6 is 0 Å². The lowest BCUT2D eigenvalue weighted by Crippen LogP contribution is -2.31. The molecule has 1 aliphatic rings. The number of carbonyl (C=O) groups excluding carboxylic acids is 1. The van der Waals surface area contributed by atoms with E-state index in [2.05, 4.69) is 21.3 Å². The molecule has 1 atom stereocenters. The summed E-state index contributed by atoms with van der Waals surface area (Å²) in [6.07, 6.45) is 2.46. The van der Waals surface area contributed by atoms with Gasteiger partial charge in [-0.3, -0.25) is 9.69 Å². The number of pyridine rings is 1. The first-order valence-corrected chi connectivity index (χ1v) is 8.53. The largest absolute Gasteiger partial charge is 0.352 e. The van der Waals surface area contributed by atoms with Crippen LogP contribution in [0.25, 0.3) is 0 Å². The molecule has 6 nitrogen and oxygen atoms in total. The van der Waals surface area contributed by atoms with Gasteiger partial charge in [-0.05, 0) is 48.7 Å². The Labute approximate surface area is 152 Å². The van der Waals surface area contributed by atoms with Crippen LogP contribution in [-0.2, 0) is 6.54 Å². The number of amides is 1. The molecule has 26 heavy (non-hydrogen) atoms. The van der Waals surface area contributed by atoms with Crippen molar-refractivity contribution in [2.24, 2.45) is 5.92 Å². The van der Waals surface area contributed by atoms with E-state index in [0.717, 1.165) is 31.6 Å². The van der Waals surface area contributed by atoms with Gasteiger partial charge in [-0.25, -0.2) is 4.98 Å². The van der Waals surface area contributed by atoms with E-state index in [1.807, 2.05) is 30.3 Å². The summed E-state index contributed by atoms with van der Waals surface area (Å²) in [7, 11) is 0. The molecule has 2 heterocycles. The molecule has 0 radical (unpaired) electrons. The first-order chi connectivity index (χ1) is 12.7. The van der Waals surface area contributed by atoms with Crippen molar-refractivity contribution < 1.29 is 4.79 Å². The van der Waals surface area contributed by atoms with Gasteiger partial charge >= 0.3 is 0 Å². The average Bonchev–Trinajstić information content (AvgIpc) is 3.13. The highest BCUT2D eigenvalue weighted by molar-refractivity contribution is 5.93. The summed E-state index contributed by atoms with van der Waals surface area (Å²) in [4.78, 5) is 18.4. The molecule has 6 heteroatoms. The van der Waals surface area contributed by atoms with Gasteiger partial charge in [-0.2, -0.15) is 10.5 Å². The van der Waals surface area contributed by atoms with E-state index in [1.165, 1.54) is 6.20 Å². The van der Waals surface area contributed by atoms with E-state index in [0.29, 0.717) is 29.3 Å². The zero-order valence-electron chi connectivity index (χ0n) is 14.4. The highest BCUT2D eigenvalue weighted by Crippen LogP contribution is 2.18. The molecule has 1 N–H and O–H groups in total. The Balaban J connectivity index is 1.47. The Morgan fingerprint density at radius 3 is 2.88 bits per heavy atom. The van der Waals surface area contributed by atoms with E-state index in [1.54, 1.807) is 12.1 Å². The van der Waals surface area contributed by atoms with Gasteiger partial charge in [0.1, 0.15) is 11.8 Å². The average molecular weight is 345 g/mol. The van der Waals surface area contributed by atoms with E-state index in [-0.39, 0.29) is 5.91 Å². The molecule has 0 aliphatic carbocycles. The number of hydrogen-bond acceptors (Lipinski definition) is 5. The molecular formula is C20H19N5O. The van der Waals surface area contributed by atoms with E-state index in [4.69, 9.17) is 10.5 Å². The number of nitrogens with one attached hydrogen (secondary N) is 1. The van der Waals surface area contributed by atoms with Gasteiger partial charge < -0.3 is 5.32 Å². The zero-order chi connectivity index (χ0) is 18.4. The van der Waals surface area contributed by atoms with Crippen LogP contribution < -0.4 is 5.32 Å². The van der Waals surface area contributed by atoms with Crippen molar-refractivity contribution in [1.29, 1.82) is 10.5 Å². The summed E-state index contributed by atoms with van der Waals surface area (Å²) in [5.74, 6) is 0.242. The molecule has 1 aromatic carbocycles. The third-order valence-electron chi connectivity index (χ3n) is 4.52. The fraction of sp³-hybridized carbons (Fsp3) is 0.300. The fourth-order valence-corrected chi connectivity index (χ4v) is 3.15. The predicted molar refractivity (Wildman–Crippen MR) is 95.8 cm³/mol. The van der Waals surface area contributed by atoms with Crippen LogP contribution in [0.2, 0.25) is 0 Å². The standard InChI is InChI=1S/C20H19N5O/c21-9-15-2-1-3-16(8-15)13-25-7-6-17(14-25)11-24-20(26)18-4-5-19(10-22)23-12-18/h1-5,8,12,17H,6-7,11,13-14H2,(H,24,26)/t17-/m0/s1. The normalized spacial score (nSPS) is 16.6. The van der Waals surface area contributed by atoms with Crippen molar-refractivity contribution in [3.8, 4) is 12.1 Å². The first kappa shape index (κ1) is 17.6. The maximum absolute atomic E-state index is 12.2. The monoisotopic (exact) mass is 345 g/mol. The number of rotatable bonds is 5. The maximum atomic E-state index is 12.2. The zero-order valence-corrected chi connectivity index (χ0v) is 14.4. The summed E-state index contributed by atoms with van der Waals surface area (Å²) < 4.78 is 0.